The van der Waals surface area contributed by atoms with Crippen LogP contribution in [-0.4, -0.2) is 9.97 Å². The van der Waals surface area contributed by atoms with Crippen LogP contribution in [0.3, 0.4) is 0 Å². The molecule has 3 heteroatoms. The Morgan fingerprint density at radius 3 is 2.58 bits per heavy atom. The standard InChI is InChI=1S/C21H23ClN2/c1-2-3-4-6-16-9-11-18(12-10-16)20-15-23-21(24-20)14-17-7-5-8-19(22)13-17/h5,7-13,15H,2-4,6,14H2,1H3,(H,23,24). The molecule has 124 valence electrons. The molecule has 0 bridgehead atoms. The first-order valence-corrected chi connectivity index (χ1v) is 9.00. The van der Waals surface area contributed by atoms with E-state index in [2.05, 4.69) is 47.2 Å². The molecule has 0 fully saturated rings. The molecule has 3 aromatic rings. The van der Waals surface area contributed by atoms with Crippen LogP contribution < -0.4 is 0 Å². The first kappa shape index (κ1) is 16.8. The van der Waals surface area contributed by atoms with Crippen molar-refractivity contribution in [3.8, 4) is 11.3 Å². The summed E-state index contributed by atoms with van der Waals surface area (Å²) in [6.45, 7) is 2.24. The smallest absolute Gasteiger partial charge is 0.110 e. The Labute approximate surface area is 148 Å². The fourth-order valence-corrected chi connectivity index (χ4v) is 3.08. The highest BCUT2D eigenvalue weighted by Gasteiger charge is 2.05. The van der Waals surface area contributed by atoms with Crippen LogP contribution in [0.5, 0.6) is 0 Å². The van der Waals surface area contributed by atoms with Gasteiger partial charge in [-0.25, -0.2) is 4.98 Å². The highest BCUT2D eigenvalue weighted by molar-refractivity contribution is 6.30. The third-order valence-corrected chi connectivity index (χ3v) is 4.46. The molecule has 1 N–H and O–H groups in total. The Morgan fingerprint density at radius 1 is 1.00 bits per heavy atom. The van der Waals surface area contributed by atoms with Gasteiger partial charge >= 0.3 is 0 Å². The molecule has 0 saturated carbocycles. The highest BCUT2D eigenvalue weighted by Crippen LogP contribution is 2.20. The van der Waals surface area contributed by atoms with Crippen LogP contribution in [0.15, 0.2) is 54.7 Å². The van der Waals surface area contributed by atoms with E-state index in [0.29, 0.717) is 0 Å². The van der Waals surface area contributed by atoms with E-state index in [1.54, 1.807) is 0 Å². The quantitative estimate of drug-likeness (QED) is 0.521. The van der Waals surface area contributed by atoms with E-state index in [1.807, 2.05) is 24.4 Å². The zero-order chi connectivity index (χ0) is 16.8. The average molecular weight is 339 g/mol. The molecule has 0 aliphatic heterocycles. The Hall–Kier alpha value is -2.06. The van der Waals surface area contributed by atoms with Gasteiger partial charge in [-0.05, 0) is 41.7 Å². The maximum absolute atomic E-state index is 6.04. The van der Waals surface area contributed by atoms with Crippen molar-refractivity contribution in [2.45, 2.75) is 39.0 Å². The van der Waals surface area contributed by atoms with Gasteiger partial charge in [0.25, 0.3) is 0 Å². The van der Waals surface area contributed by atoms with Crippen molar-refractivity contribution in [2.24, 2.45) is 0 Å². The van der Waals surface area contributed by atoms with Gasteiger partial charge in [-0.2, -0.15) is 0 Å². The molecule has 0 radical (unpaired) electrons. The third kappa shape index (κ3) is 4.48. The van der Waals surface area contributed by atoms with Gasteiger partial charge in [-0.15, -0.1) is 0 Å². The largest absolute Gasteiger partial charge is 0.342 e. The molecule has 1 heterocycles. The zero-order valence-electron chi connectivity index (χ0n) is 14.1. The van der Waals surface area contributed by atoms with Crippen molar-refractivity contribution in [3.05, 3.63) is 76.7 Å². The van der Waals surface area contributed by atoms with Crippen LogP contribution >= 0.6 is 11.6 Å². The number of imidazole rings is 1. The van der Waals surface area contributed by atoms with E-state index in [4.69, 9.17) is 11.6 Å². The molecule has 2 nitrogen and oxygen atoms in total. The summed E-state index contributed by atoms with van der Waals surface area (Å²) in [4.78, 5) is 7.92. The molecule has 1 aromatic heterocycles. The first-order chi connectivity index (χ1) is 11.7. The Morgan fingerprint density at radius 2 is 1.83 bits per heavy atom. The molecular formula is C21H23ClN2. The molecular weight excluding hydrogens is 316 g/mol. The van der Waals surface area contributed by atoms with E-state index in [0.717, 1.165) is 34.9 Å². The summed E-state index contributed by atoms with van der Waals surface area (Å²) < 4.78 is 0. The number of aryl methyl sites for hydroxylation is 1. The van der Waals surface area contributed by atoms with Crippen molar-refractivity contribution in [2.75, 3.05) is 0 Å². The lowest BCUT2D eigenvalue weighted by molar-refractivity contribution is 0.717. The van der Waals surface area contributed by atoms with Crippen LogP contribution in [0.1, 0.15) is 43.1 Å². The average Bonchev–Trinajstić information content (AvgIpc) is 3.04. The number of aromatic nitrogens is 2. The maximum Gasteiger partial charge on any atom is 0.110 e. The number of halogens is 1. The van der Waals surface area contributed by atoms with Gasteiger partial charge in [0.15, 0.2) is 0 Å². The lowest BCUT2D eigenvalue weighted by Crippen LogP contribution is -1.90. The van der Waals surface area contributed by atoms with Crippen LogP contribution in [0.25, 0.3) is 11.3 Å². The number of aromatic amines is 1. The lowest BCUT2D eigenvalue weighted by atomic mass is 10.0. The molecule has 0 atom stereocenters. The summed E-state index contributed by atoms with van der Waals surface area (Å²) in [5.41, 5.74) is 4.81. The SMILES string of the molecule is CCCCCc1ccc(-c2cnc(Cc3cccc(Cl)c3)[nH]2)cc1. The van der Waals surface area contributed by atoms with Gasteiger partial charge in [0, 0.05) is 11.4 Å². The maximum atomic E-state index is 6.04. The fourth-order valence-electron chi connectivity index (χ4n) is 2.87. The van der Waals surface area contributed by atoms with E-state index in [9.17, 15) is 0 Å². The minimum Gasteiger partial charge on any atom is -0.342 e. The fraction of sp³-hybridized carbons (Fsp3) is 0.286. The molecule has 0 spiro atoms. The molecule has 0 saturated heterocycles. The number of nitrogens with zero attached hydrogens (tertiary/aromatic N) is 1. The summed E-state index contributed by atoms with van der Waals surface area (Å²) in [5.74, 6) is 0.958. The molecule has 0 amide bonds. The molecule has 0 aliphatic rings. The predicted octanol–water partition coefficient (Wildman–Crippen LogP) is 6.05. The van der Waals surface area contributed by atoms with Gasteiger partial charge in [0.05, 0.1) is 11.9 Å². The number of benzene rings is 2. The summed E-state index contributed by atoms with van der Waals surface area (Å²) in [7, 11) is 0. The topological polar surface area (TPSA) is 28.7 Å². The van der Waals surface area contributed by atoms with Crippen LogP contribution in [0, 0.1) is 0 Å². The molecule has 2 aromatic carbocycles. The summed E-state index contributed by atoms with van der Waals surface area (Å²) in [5, 5.41) is 0.762. The highest BCUT2D eigenvalue weighted by atomic mass is 35.5. The normalized spacial score (nSPS) is 10.9. The first-order valence-electron chi connectivity index (χ1n) is 8.62. The Bertz CT molecular complexity index is 775. The number of unbranched alkanes of at least 4 members (excludes halogenated alkanes) is 2. The van der Waals surface area contributed by atoms with Gasteiger partial charge < -0.3 is 4.98 Å². The van der Waals surface area contributed by atoms with E-state index in [1.165, 1.54) is 30.4 Å². The van der Waals surface area contributed by atoms with Crippen molar-refractivity contribution in [1.29, 1.82) is 0 Å². The number of hydrogen-bond donors (Lipinski definition) is 1. The van der Waals surface area contributed by atoms with Crippen LogP contribution in [0.2, 0.25) is 5.02 Å². The van der Waals surface area contributed by atoms with Gasteiger partial charge in [0.1, 0.15) is 5.82 Å². The van der Waals surface area contributed by atoms with Gasteiger partial charge in [-0.1, -0.05) is 67.8 Å². The van der Waals surface area contributed by atoms with E-state index < -0.39 is 0 Å². The number of rotatable bonds is 7. The van der Waals surface area contributed by atoms with Crippen molar-refractivity contribution < 1.29 is 0 Å². The number of hydrogen-bond acceptors (Lipinski definition) is 1. The zero-order valence-corrected chi connectivity index (χ0v) is 14.8. The summed E-state index contributed by atoms with van der Waals surface area (Å²) in [6.07, 6.45) is 7.67. The van der Waals surface area contributed by atoms with Gasteiger partial charge in [0.2, 0.25) is 0 Å². The number of H-pyrrole nitrogens is 1. The summed E-state index contributed by atoms with van der Waals surface area (Å²) >= 11 is 6.04. The van der Waals surface area contributed by atoms with E-state index >= 15 is 0 Å². The molecule has 3 rings (SSSR count). The second-order valence-corrected chi connectivity index (χ2v) is 6.64. The second-order valence-electron chi connectivity index (χ2n) is 6.20. The minimum atomic E-state index is 0.760. The van der Waals surface area contributed by atoms with Crippen molar-refractivity contribution >= 4 is 11.6 Å². The van der Waals surface area contributed by atoms with Crippen molar-refractivity contribution in [1.82, 2.24) is 9.97 Å². The van der Waals surface area contributed by atoms with Crippen LogP contribution in [0.4, 0.5) is 0 Å². The number of nitrogens with one attached hydrogen (secondary N) is 1. The molecule has 0 unspecified atom stereocenters. The van der Waals surface area contributed by atoms with Gasteiger partial charge in [-0.3, -0.25) is 0 Å². The summed E-state index contributed by atoms with van der Waals surface area (Å²) in [6, 6.07) is 16.7. The van der Waals surface area contributed by atoms with E-state index in [-0.39, 0.29) is 0 Å². The minimum absolute atomic E-state index is 0.760. The third-order valence-electron chi connectivity index (χ3n) is 4.22. The second kappa shape index (κ2) is 8.16. The Balaban J connectivity index is 1.66. The Kier molecular flexibility index (Phi) is 5.71. The lowest BCUT2D eigenvalue weighted by Gasteiger charge is -2.03. The molecule has 24 heavy (non-hydrogen) atoms. The van der Waals surface area contributed by atoms with Crippen LogP contribution in [-0.2, 0) is 12.8 Å². The molecule has 0 aliphatic carbocycles. The monoisotopic (exact) mass is 338 g/mol. The van der Waals surface area contributed by atoms with Crippen molar-refractivity contribution in [3.63, 3.8) is 0 Å². The predicted molar refractivity (Wildman–Crippen MR) is 102 cm³/mol.